The predicted octanol–water partition coefficient (Wildman–Crippen LogP) is 3.81. The lowest BCUT2D eigenvalue weighted by molar-refractivity contribution is 0.280. The molecule has 0 aliphatic carbocycles. The molecule has 0 aliphatic heterocycles. The normalized spacial score (nSPS) is 10.4. The molecule has 3 aromatic rings. The van der Waals surface area contributed by atoms with Crippen molar-refractivity contribution < 1.29 is 5.11 Å². The van der Waals surface area contributed by atoms with E-state index in [4.69, 9.17) is 5.11 Å². The van der Waals surface area contributed by atoms with E-state index in [-0.39, 0.29) is 6.61 Å². The molecule has 0 saturated heterocycles. The highest BCUT2D eigenvalue weighted by Gasteiger charge is 2.07. The average Bonchev–Trinajstić information content (AvgIpc) is 2.77. The molecule has 94 valence electrons. The first kappa shape index (κ1) is 12.7. The minimum atomic E-state index is 0.169. The molecule has 0 bridgehead atoms. The summed E-state index contributed by atoms with van der Waals surface area (Å²) in [4.78, 5) is 0. The Bertz CT molecular complexity index is 586. The molecule has 0 unspecified atom stereocenters. The summed E-state index contributed by atoms with van der Waals surface area (Å²) in [5, 5.41) is 11.6. The van der Waals surface area contributed by atoms with Gasteiger partial charge in [0.1, 0.15) is 0 Å². The van der Waals surface area contributed by atoms with Gasteiger partial charge in [-0.25, -0.2) is 0 Å². The van der Waals surface area contributed by atoms with Crippen molar-refractivity contribution in [2.24, 2.45) is 0 Å². The highest BCUT2D eigenvalue weighted by molar-refractivity contribution is 6.07. The maximum Gasteiger partial charge on any atom is 0.0610 e. The van der Waals surface area contributed by atoms with Crippen molar-refractivity contribution in [2.45, 2.75) is 20.4 Å². The van der Waals surface area contributed by atoms with Gasteiger partial charge in [-0.15, -0.1) is 0 Å². The summed E-state index contributed by atoms with van der Waals surface area (Å²) >= 11 is 0. The molecule has 1 N–H and O–H groups in total. The van der Waals surface area contributed by atoms with E-state index in [1.54, 1.807) is 0 Å². The predicted molar refractivity (Wildman–Crippen MR) is 77.9 cm³/mol. The first-order chi connectivity index (χ1) is 8.92. The molecule has 1 heterocycles. The topological polar surface area (TPSA) is 25.2 Å². The first-order valence-electron chi connectivity index (χ1n) is 6.48. The Morgan fingerprint density at radius 1 is 0.833 bits per heavy atom. The highest BCUT2D eigenvalue weighted by Crippen LogP contribution is 2.28. The molecule has 2 aromatic carbocycles. The Kier molecular flexibility index (Phi) is 4.00. The van der Waals surface area contributed by atoms with Crippen molar-refractivity contribution in [1.29, 1.82) is 0 Å². The Balaban J connectivity index is 0.000000574. The third-order valence-corrected chi connectivity index (χ3v) is 3.00. The van der Waals surface area contributed by atoms with E-state index in [0.717, 1.165) is 0 Å². The lowest BCUT2D eigenvalue weighted by Gasteiger charge is -2.03. The minimum absolute atomic E-state index is 0.169. The van der Waals surface area contributed by atoms with E-state index in [9.17, 15) is 0 Å². The third-order valence-electron chi connectivity index (χ3n) is 3.00. The van der Waals surface area contributed by atoms with Gasteiger partial charge in [-0.3, -0.25) is 0 Å². The molecule has 0 fully saturated rings. The molecular formula is C16H19NO. The van der Waals surface area contributed by atoms with Crippen molar-refractivity contribution in [1.82, 2.24) is 4.57 Å². The fourth-order valence-electron chi connectivity index (χ4n) is 2.34. The smallest absolute Gasteiger partial charge is 0.0610 e. The molecule has 0 saturated carbocycles. The maximum atomic E-state index is 9.14. The fraction of sp³-hybridized carbons (Fsp3) is 0.250. The van der Waals surface area contributed by atoms with Crippen LogP contribution in [0.4, 0.5) is 0 Å². The van der Waals surface area contributed by atoms with E-state index >= 15 is 0 Å². The second-order valence-electron chi connectivity index (χ2n) is 3.91. The van der Waals surface area contributed by atoms with Crippen molar-refractivity contribution in [3.05, 3.63) is 48.5 Å². The van der Waals surface area contributed by atoms with Gasteiger partial charge < -0.3 is 9.67 Å². The van der Waals surface area contributed by atoms with Gasteiger partial charge in [0, 0.05) is 28.4 Å². The molecule has 18 heavy (non-hydrogen) atoms. The van der Waals surface area contributed by atoms with Crippen LogP contribution >= 0.6 is 0 Å². The standard InChI is InChI=1S/C14H13NO.C2H6/c16-10-9-15-13-7-3-1-5-11(13)12-6-2-4-8-14(12)15;1-2/h1-8,16H,9-10H2;1-2H3. The molecular weight excluding hydrogens is 222 g/mol. The Labute approximate surface area is 107 Å². The summed E-state index contributed by atoms with van der Waals surface area (Å²) in [5.41, 5.74) is 2.38. The minimum Gasteiger partial charge on any atom is -0.395 e. The van der Waals surface area contributed by atoms with Crippen molar-refractivity contribution in [2.75, 3.05) is 6.61 Å². The third kappa shape index (κ3) is 2.00. The maximum absolute atomic E-state index is 9.14. The molecule has 0 spiro atoms. The number of aromatic nitrogens is 1. The van der Waals surface area contributed by atoms with Crippen molar-refractivity contribution >= 4 is 21.8 Å². The summed E-state index contributed by atoms with van der Waals surface area (Å²) in [6.07, 6.45) is 0. The lowest BCUT2D eigenvalue weighted by Crippen LogP contribution is -2.00. The molecule has 3 rings (SSSR count). The van der Waals surface area contributed by atoms with Crippen LogP contribution in [0.5, 0.6) is 0 Å². The van der Waals surface area contributed by atoms with Gasteiger partial charge in [0.2, 0.25) is 0 Å². The van der Waals surface area contributed by atoms with E-state index in [1.165, 1.54) is 21.8 Å². The highest BCUT2D eigenvalue weighted by atomic mass is 16.3. The zero-order chi connectivity index (χ0) is 13.0. The number of fused-ring (bicyclic) bond motifs is 3. The SMILES string of the molecule is CC.OCCn1c2ccccc2c2ccccc21. The average molecular weight is 241 g/mol. The molecule has 1 aromatic heterocycles. The quantitative estimate of drug-likeness (QED) is 0.725. The van der Waals surface area contributed by atoms with Crippen molar-refractivity contribution in [3.8, 4) is 0 Å². The van der Waals surface area contributed by atoms with E-state index < -0.39 is 0 Å². The number of hydrogen-bond donors (Lipinski definition) is 1. The second kappa shape index (κ2) is 5.69. The van der Waals surface area contributed by atoms with Gasteiger partial charge >= 0.3 is 0 Å². The largest absolute Gasteiger partial charge is 0.395 e. The number of aliphatic hydroxyl groups is 1. The number of benzene rings is 2. The summed E-state index contributed by atoms with van der Waals surface area (Å²) in [6.45, 7) is 4.82. The molecule has 0 amide bonds. The van der Waals surface area contributed by atoms with Gasteiger partial charge in [-0.1, -0.05) is 50.2 Å². The van der Waals surface area contributed by atoms with Crippen LogP contribution in [0.15, 0.2) is 48.5 Å². The van der Waals surface area contributed by atoms with E-state index in [0.29, 0.717) is 6.54 Å². The van der Waals surface area contributed by atoms with Crippen LogP contribution < -0.4 is 0 Å². The summed E-state index contributed by atoms with van der Waals surface area (Å²) in [6, 6.07) is 16.6. The van der Waals surface area contributed by atoms with Gasteiger partial charge in [0.15, 0.2) is 0 Å². The summed E-state index contributed by atoms with van der Waals surface area (Å²) < 4.78 is 2.17. The van der Waals surface area contributed by atoms with Crippen LogP contribution in [0.25, 0.3) is 21.8 Å². The fourth-order valence-corrected chi connectivity index (χ4v) is 2.34. The summed E-state index contributed by atoms with van der Waals surface area (Å²) in [5.74, 6) is 0. The summed E-state index contributed by atoms with van der Waals surface area (Å²) in [7, 11) is 0. The van der Waals surface area contributed by atoms with E-state index in [2.05, 4.69) is 41.0 Å². The second-order valence-corrected chi connectivity index (χ2v) is 3.91. The number of hydrogen-bond acceptors (Lipinski definition) is 1. The number of nitrogens with zero attached hydrogens (tertiary/aromatic N) is 1. The van der Waals surface area contributed by atoms with Gasteiger partial charge in [0.05, 0.1) is 6.61 Å². The van der Waals surface area contributed by atoms with Crippen LogP contribution in [0.3, 0.4) is 0 Å². The number of rotatable bonds is 2. The van der Waals surface area contributed by atoms with Gasteiger partial charge in [0.25, 0.3) is 0 Å². The Morgan fingerprint density at radius 3 is 1.72 bits per heavy atom. The molecule has 0 atom stereocenters. The number of aliphatic hydroxyl groups excluding tert-OH is 1. The van der Waals surface area contributed by atoms with Gasteiger partial charge in [-0.2, -0.15) is 0 Å². The van der Waals surface area contributed by atoms with Gasteiger partial charge in [-0.05, 0) is 12.1 Å². The molecule has 2 heteroatoms. The molecule has 0 radical (unpaired) electrons. The van der Waals surface area contributed by atoms with Crippen LogP contribution in [0.1, 0.15) is 13.8 Å². The zero-order valence-electron chi connectivity index (χ0n) is 10.9. The molecule has 0 aliphatic rings. The monoisotopic (exact) mass is 241 g/mol. The van der Waals surface area contributed by atoms with E-state index in [1.807, 2.05) is 26.0 Å². The van der Waals surface area contributed by atoms with Crippen LogP contribution in [-0.4, -0.2) is 16.3 Å². The number of para-hydroxylation sites is 2. The zero-order valence-corrected chi connectivity index (χ0v) is 10.9. The van der Waals surface area contributed by atoms with Crippen LogP contribution in [0, 0.1) is 0 Å². The Morgan fingerprint density at radius 2 is 1.28 bits per heavy atom. The van der Waals surface area contributed by atoms with Crippen LogP contribution in [-0.2, 0) is 6.54 Å². The molecule has 2 nitrogen and oxygen atoms in total. The first-order valence-corrected chi connectivity index (χ1v) is 6.48. The lowest BCUT2D eigenvalue weighted by atomic mass is 10.2. The van der Waals surface area contributed by atoms with Crippen molar-refractivity contribution in [3.63, 3.8) is 0 Å². The Hall–Kier alpha value is -1.80. The van der Waals surface area contributed by atoms with Crippen LogP contribution in [0.2, 0.25) is 0 Å².